The summed E-state index contributed by atoms with van der Waals surface area (Å²) in [5, 5.41) is 6.95. The number of aldehydes is 1. The molecule has 1 spiro atoms. The zero-order chi connectivity index (χ0) is 37.4. The van der Waals surface area contributed by atoms with Crippen LogP contribution in [0.1, 0.15) is 78.7 Å². The molecule has 284 valence electrons. The van der Waals surface area contributed by atoms with Crippen molar-refractivity contribution in [2.24, 2.45) is 17.8 Å². The number of halogens is 1. The maximum absolute atomic E-state index is 13.4. The molecule has 11 nitrogen and oxygen atoms in total. The van der Waals surface area contributed by atoms with Crippen LogP contribution in [0.4, 0.5) is 5.69 Å². The Bertz CT molecular complexity index is 1960. The third-order valence-electron chi connectivity index (χ3n) is 12.3. The molecule has 2 aliphatic carbocycles. The number of hydrogen-bond donors (Lipinski definition) is 2. The fraction of sp³-hybridized carbons (Fsp3) is 0.525. The zero-order valence-electron chi connectivity index (χ0n) is 30.6. The Balaban J connectivity index is 0.000000418. The number of rotatable bonds is 2. The molecule has 0 saturated heterocycles. The number of carbonyl (C=O) groups is 2. The summed E-state index contributed by atoms with van der Waals surface area (Å²) in [5.41, 5.74) is 4.38. The van der Waals surface area contributed by atoms with Gasteiger partial charge in [0.1, 0.15) is 17.6 Å². The lowest BCUT2D eigenvalue weighted by Gasteiger charge is -2.48. The highest BCUT2D eigenvalue weighted by Crippen LogP contribution is 2.48. The number of sulfonamides is 1. The molecular formula is C40H49ClN4O7S. The SMILES string of the molecule is CO[C@@]1(C=O)/C=C/C[C@H](C)[C@@H](C)S(=O)(=O)NC(=O)c2ccc3c(c2)N(C[C@@H]2CC[C@H]21)C[C@@]1(CCCc2cc(Cl)ccc21)CO3.c1onc2c1CNCC2. The van der Waals surface area contributed by atoms with E-state index in [-0.39, 0.29) is 28.7 Å². The van der Waals surface area contributed by atoms with Crippen molar-refractivity contribution in [2.45, 2.75) is 81.6 Å². The molecule has 0 radical (unpaired) electrons. The van der Waals surface area contributed by atoms with E-state index in [2.05, 4.69) is 32.2 Å². The van der Waals surface area contributed by atoms with Crippen LogP contribution in [0.2, 0.25) is 5.02 Å². The third kappa shape index (κ3) is 7.39. The van der Waals surface area contributed by atoms with Gasteiger partial charge < -0.3 is 24.2 Å². The second-order valence-corrected chi connectivity index (χ2v) is 17.9. The van der Waals surface area contributed by atoms with Crippen LogP contribution >= 0.6 is 11.6 Å². The first-order valence-corrected chi connectivity index (χ1v) is 20.6. The number of aryl methyl sites for hydroxylation is 1. The molecule has 3 aromatic rings. The third-order valence-corrected chi connectivity index (χ3v) is 14.4. The lowest BCUT2D eigenvalue weighted by molar-refractivity contribution is -0.135. The number of nitrogens with one attached hydrogen (secondary N) is 2. The van der Waals surface area contributed by atoms with Crippen LogP contribution in [0, 0.1) is 17.8 Å². The highest BCUT2D eigenvalue weighted by Gasteiger charge is 2.49. The molecule has 53 heavy (non-hydrogen) atoms. The maximum atomic E-state index is 13.4. The monoisotopic (exact) mass is 764 g/mol. The summed E-state index contributed by atoms with van der Waals surface area (Å²) in [5.74, 6) is -0.203. The number of fused-ring (bicyclic) bond motifs is 5. The molecule has 2 aromatic carbocycles. The number of benzene rings is 2. The van der Waals surface area contributed by atoms with Crippen LogP contribution in [0.25, 0.3) is 0 Å². The van der Waals surface area contributed by atoms with Gasteiger partial charge >= 0.3 is 0 Å². The summed E-state index contributed by atoms with van der Waals surface area (Å²) in [6.07, 6.45) is 12.4. The normalized spacial score (nSPS) is 31.1. The first kappa shape index (κ1) is 37.6. The van der Waals surface area contributed by atoms with Crippen molar-refractivity contribution in [1.29, 1.82) is 0 Å². The highest BCUT2D eigenvalue weighted by molar-refractivity contribution is 7.90. The average Bonchev–Trinajstić information content (AvgIpc) is 3.57. The van der Waals surface area contributed by atoms with Gasteiger partial charge in [0, 0.05) is 67.2 Å². The molecule has 2 bridgehead atoms. The van der Waals surface area contributed by atoms with Crippen molar-refractivity contribution in [3.63, 3.8) is 0 Å². The molecule has 1 amide bonds. The molecule has 4 heterocycles. The minimum absolute atomic E-state index is 0.0434. The number of amides is 1. The van der Waals surface area contributed by atoms with Gasteiger partial charge in [-0.25, -0.2) is 13.1 Å². The van der Waals surface area contributed by atoms with Crippen LogP contribution in [0.15, 0.2) is 59.3 Å². The molecule has 1 fully saturated rings. The van der Waals surface area contributed by atoms with Crippen molar-refractivity contribution in [2.75, 3.05) is 38.3 Å². The number of ether oxygens (including phenoxy) is 2. The van der Waals surface area contributed by atoms with Crippen LogP contribution in [-0.2, 0) is 44.4 Å². The number of hydrogen-bond acceptors (Lipinski definition) is 10. The standard InChI is InChI=1S/C34H41ClN2O6S.C6H8N2O/c1-22-6-4-15-34(20-38,42-3)29-11-8-26(29)18-37-19-33(14-5-7-24-16-27(35)10-12-28(24)33)21-43-31-13-9-25(17-30(31)37)32(39)36-44(40,41)23(22)2;1-2-7-3-5-4-9-8-6(1)5/h4,9-10,12-13,15-17,20,22-23,26,29H,5-8,11,14,18-19,21H2,1-3H3,(H,36,39);4,7H,1-3H2/b15-4+;/t22-,23+,26-,29+,33-,34+;/m0./s1. The van der Waals surface area contributed by atoms with E-state index in [1.54, 1.807) is 38.5 Å². The van der Waals surface area contributed by atoms with Gasteiger partial charge in [0.25, 0.3) is 5.91 Å². The molecule has 13 heteroatoms. The summed E-state index contributed by atoms with van der Waals surface area (Å²) < 4.78 is 46.1. The van der Waals surface area contributed by atoms with Crippen molar-refractivity contribution in [3.05, 3.63) is 87.8 Å². The van der Waals surface area contributed by atoms with E-state index in [1.165, 1.54) is 16.7 Å². The fourth-order valence-corrected chi connectivity index (χ4v) is 10.2. The molecular weight excluding hydrogens is 716 g/mol. The first-order valence-electron chi connectivity index (χ1n) is 18.7. The Kier molecular flexibility index (Phi) is 10.8. The van der Waals surface area contributed by atoms with Gasteiger partial charge in [-0.3, -0.25) is 9.59 Å². The molecule has 8 rings (SSSR count). The van der Waals surface area contributed by atoms with Gasteiger partial charge in [-0.1, -0.05) is 35.8 Å². The molecule has 2 N–H and O–H groups in total. The van der Waals surface area contributed by atoms with E-state index in [9.17, 15) is 18.0 Å². The van der Waals surface area contributed by atoms with Crippen molar-refractivity contribution < 1.29 is 32.0 Å². The number of carbonyl (C=O) groups excluding carboxylic acids is 2. The van der Waals surface area contributed by atoms with E-state index in [1.807, 2.05) is 25.1 Å². The molecule has 1 saturated carbocycles. The largest absolute Gasteiger partial charge is 0.490 e. The predicted octanol–water partition coefficient (Wildman–Crippen LogP) is 5.79. The fourth-order valence-electron chi connectivity index (χ4n) is 8.74. The summed E-state index contributed by atoms with van der Waals surface area (Å²) >= 11 is 6.40. The van der Waals surface area contributed by atoms with Gasteiger partial charge in [-0.2, -0.15) is 0 Å². The van der Waals surface area contributed by atoms with Crippen LogP contribution in [0.5, 0.6) is 5.75 Å². The minimum Gasteiger partial charge on any atom is -0.490 e. The smallest absolute Gasteiger partial charge is 0.264 e. The number of allylic oxidation sites excluding steroid dienone is 1. The number of aromatic nitrogens is 1. The van der Waals surface area contributed by atoms with Gasteiger partial charge in [0.2, 0.25) is 10.0 Å². The van der Waals surface area contributed by atoms with E-state index in [0.29, 0.717) is 36.9 Å². The van der Waals surface area contributed by atoms with Crippen LogP contribution < -0.4 is 19.7 Å². The molecule has 5 aliphatic rings. The summed E-state index contributed by atoms with van der Waals surface area (Å²) in [6, 6.07) is 11.3. The molecule has 3 aliphatic heterocycles. The quantitative estimate of drug-likeness (QED) is 0.244. The summed E-state index contributed by atoms with van der Waals surface area (Å²) in [4.78, 5) is 28.4. The second kappa shape index (κ2) is 15.2. The second-order valence-electron chi connectivity index (χ2n) is 15.4. The topological polar surface area (TPSA) is 140 Å². The van der Waals surface area contributed by atoms with E-state index >= 15 is 0 Å². The van der Waals surface area contributed by atoms with Crippen molar-refractivity contribution in [1.82, 2.24) is 15.2 Å². The number of nitrogens with zero attached hydrogens (tertiary/aromatic N) is 2. The summed E-state index contributed by atoms with van der Waals surface area (Å²) in [6.45, 7) is 7.12. The van der Waals surface area contributed by atoms with Crippen LogP contribution in [-0.4, -0.2) is 70.0 Å². The molecule has 1 aromatic heterocycles. The highest BCUT2D eigenvalue weighted by atomic mass is 35.5. The zero-order valence-corrected chi connectivity index (χ0v) is 32.2. The van der Waals surface area contributed by atoms with Gasteiger partial charge in [-0.15, -0.1) is 0 Å². The van der Waals surface area contributed by atoms with Crippen molar-refractivity contribution >= 4 is 39.5 Å². The van der Waals surface area contributed by atoms with Crippen molar-refractivity contribution in [3.8, 4) is 5.75 Å². The Hall–Kier alpha value is -3.71. The Morgan fingerprint density at radius 3 is 2.72 bits per heavy atom. The van der Waals surface area contributed by atoms with E-state index < -0.39 is 26.8 Å². The lowest BCUT2D eigenvalue weighted by Crippen LogP contribution is -2.53. The van der Waals surface area contributed by atoms with Gasteiger partial charge in [-0.05, 0) is 105 Å². The van der Waals surface area contributed by atoms with E-state index in [4.69, 9.17) is 25.6 Å². The Morgan fingerprint density at radius 2 is 1.96 bits per heavy atom. The number of anilines is 1. The summed E-state index contributed by atoms with van der Waals surface area (Å²) in [7, 11) is -2.41. The predicted molar refractivity (Wildman–Crippen MR) is 203 cm³/mol. The minimum atomic E-state index is -3.97. The molecule has 0 unspecified atom stereocenters. The van der Waals surface area contributed by atoms with Crippen LogP contribution in [0.3, 0.4) is 0 Å². The first-order chi connectivity index (χ1) is 25.5. The van der Waals surface area contributed by atoms with Gasteiger partial charge in [0.05, 0.1) is 23.2 Å². The van der Waals surface area contributed by atoms with Gasteiger partial charge in [0.15, 0.2) is 6.29 Å². The average molecular weight is 765 g/mol. The Labute approximate surface area is 316 Å². The lowest BCUT2D eigenvalue weighted by atomic mass is 9.64. The van der Waals surface area contributed by atoms with E-state index in [0.717, 1.165) is 69.3 Å². The maximum Gasteiger partial charge on any atom is 0.264 e. The Morgan fingerprint density at radius 1 is 1.11 bits per heavy atom. The molecule has 6 atom stereocenters. The number of methoxy groups -OCH3 is 1.